The van der Waals surface area contributed by atoms with Crippen LogP contribution in [0.5, 0.6) is 0 Å². The van der Waals surface area contributed by atoms with E-state index < -0.39 is 49.3 Å². The lowest BCUT2D eigenvalue weighted by Gasteiger charge is -2.35. The molecule has 2 aliphatic heterocycles. The molecule has 214 valence electrons. The molecule has 4 rings (SSSR count). The molecule has 2 amide bonds. The Labute approximate surface area is 231 Å². The summed E-state index contributed by atoms with van der Waals surface area (Å²) in [6.07, 6.45) is 1.93. The molecule has 2 aliphatic rings. The van der Waals surface area contributed by atoms with Crippen LogP contribution in [0.1, 0.15) is 44.9 Å². The fourth-order valence-corrected chi connectivity index (χ4v) is 5.26. The van der Waals surface area contributed by atoms with E-state index in [0.717, 1.165) is 5.39 Å². The van der Waals surface area contributed by atoms with Gasteiger partial charge in [0.25, 0.3) is 11.8 Å². The third kappa shape index (κ3) is 6.99. The van der Waals surface area contributed by atoms with Crippen molar-refractivity contribution in [2.75, 3.05) is 26.2 Å². The van der Waals surface area contributed by atoms with Gasteiger partial charge in [-0.1, -0.05) is 24.3 Å². The van der Waals surface area contributed by atoms with Gasteiger partial charge in [-0.25, -0.2) is 13.6 Å². The highest BCUT2D eigenvalue weighted by atomic mass is 19.3. The number of likely N-dealkylation sites (tertiary alicyclic amines) is 2. The predicted molar refractivity (Wildman–Crippen MR) is 142 cm³/mol. The molecule has 13 heteroatoms. The quantitative estimate of drug-likeness (QED) is 0.255. The number of alkyl carbamates (subject to hydrolysis) is 1. The van der Waals surface area contributed by atoms with Crippen molar-refractivity contribution in [2.45, 2.75) is 63.0 Å². The second kappa shape index (κ2) is 12.0. The van der Waals surface area contributed by atoms with Crippen molar-refractivity contribution in [3.05, 3.63) is 47.9 Å². The van der Waals surface area contributed by atoms with E-state index in [4.69, 9.17) is 9.15 Å². The maximum absolute atomic E-state index is 13.8. The number of ether oxygens (including phenoxy) is 1. The third-order valence-corrected chi connectivity index (χ3v) is 7.37. The first-order valence-electron chi connectivity index (χ1n) is 13.2. The maximum atomic E-state index is 13.8. The van der Waals surface area contributed by atoms with Crippen molar-refractivity contribution >= 4 is 29.9 Å². The first kappa shape index (κ1) is 29.5. The van der Waals surface area contributed by atoms with E-state index in [-0.39, 0.29) is 31.4 Å². The standard InChI is InChI=1S/C27H33BF2N4O6/c1-26(2,34-11-9-27(29,30)17-34)12-19(14-31)24(35)33-10-5-7-20(15-33)40-25(36)32-22(13-28(37)38)23-21-8-4-3-6-18(21)16-39-23/h3-4,6,8,12,16,20,22,37-38H,5,7,9-11,13,15,17H2,1-2H3,(H,32,36)/t20-,22?/m0/s1. The number of rotatable bonds is 8. The minimum absolute atomic E-state index is 0.0461. The fourth-order valence-electron chi connectivity index (χ4n) is 5.26. The normalized spacial score (nSPS) is 20.7. The Kier molecular flexibility index (Phi) is 8.82. The second-order valence-corrected chi connectivity index (χ2v) is 10.9. The average molecular weight is 558 g/mol. The molecule has 0 spiro atoms. The number of piperidine rings is 1. The SMILES string of the molecule is CC(C)(C=C(C#N)C(=O)N1CCC[C@H](OC(=O)NC(CB(O)O)c2occ3ccccc23)C1)N1CCC(F)(F)C1. The van der Waals surface area contributed by atoms with Crippen LogP contribution in [0.4, 0.5) is 13.6 Å². The molecule has 10 nitrogen and oxygen atoms in total. The summed E-state index contributed by atoms with van der Waals surface area (Å²) >= 11 is 0. The lowest BCUT2D eigenvalue weighted by molar-refractivity contribution is -0.129. The van der Waals surface area contributed by atoms with Crippen LogP contribution in [0.15, 0.2) is 46.6 Å². The van der Waals surface area contributed by atoms with Gasteiger partial charge in [-0.2, -0.15) is 5.26 Å². The van der Waals surface area contributed by atoms with Gasteiger partial charge in [0, 0.05) is 42.1 Å². The molecule has 2 fully saturated rings. The number of nitrogens with one attached hydrogen (secondary N) is 1. The lowest BCUT2D eigenvalue weighted by Crippen LogP contribution is -2.46. The summed E-state index contributed by atoms with van der Waals surface area (Å²) < 4.78 is 38.7. The Hall–Kier alpha value is -3.47. The number of amides is 2. The van der Waals surface area contributed by atoms with Gasteiger partial charge in [0.1, 0.15) is 23.5 Å². The largest absolute Gasteiger partial charge is 0.466 e. The lowest BCUT2D eigenvalue weighted by atomic mass is 9.80. The number of nitriles is 1. The van der Waals surface area contributed by atoms with Crippen molar-refractivity contribution in [3.63, 3.8) is 0 Å². The predicted octanol–water partition coefficient (Wildman–Crippen LogP) is 3.23. The van der Waals surface area contributed by atoms with E-state index in [1.54, 1.807) is 30.9 Å². The Morgan fingerprint density at radius 3 is 2.77 bits per heavy atom. The summed E-state index contributed by atoms with van der Waals surface area (Å²) in [6.45, 7) is 3.48. The van der Waals surface area contributed by atoms with E-state index in [1.165, 1.54) is 17.2 Å². The monoisotopic (exact) mass is 558 g/mol. The molecule has 1 aromatic carbocycles. The summed E-state index contributed by atoms with van der Waals surface area (Å²) in [7, 11) is -1.72. The molecule has 0 aliphatic carbocycles. The first-order chi connectivity index (χ1) is 18.9. The zero-order valence-electron chi connectivity index (χ0n) is 22.5. The number of nitrogens with zero attached hydrogens (tertiary/aromatic N) is 3. The number of alkyl halides is 2. The van der Waals surface area contributed by atoms with E-state index in [2.05, 4.69) is 5.32 Å². The maximum Gasteiger partial charge on any atom is 0.454 e. The fraction of sp³-hybridized carbons (Fsp3) is 0.519. The average Bonchev–Trinajstić information content (AvgIpc) is 3.49. The number of hydrogen-bond acceptors (Lipinski definition) is 8. The topological polar surface area (TPSA) is 139 Å². The number of benzene rings is 1. The molecule has 0 saturated carbocycles. The minimum Gasteiger partial charge on any atom is -0.466 e. The van der Waals surface area contributed by atoms with E-state index in [9.17, 15) is 33.7 Å². The molecule has 3 heterocycles. The molecular formula is C27H33BF2N4O6. The van der Waals surface area contributed by atoms with Crippen LogP contribution >= 0.6 is 0 Å². The van der Waals surface area contributed by atoms with Crippen LogP contribution in [0.3, 0.4) is 0 Å². The highest BCUT2D eigenvalue weighted by Gasteiger charge is 2.43. The first-order valence-corrected chi connectivity index (χ1v) is 13.2. The number of furan rings is 1. The molecule has 40 heavy (non-hydrogen) atoms. The van der Waals surface area contributed by atoms with Crippen LogP contribution < -0.4 is 5.32 Å². The summed E-state index contributed by atoms with van der Waals surface area (Å²) in [4.78, 5) is 29.0. The van der Waals surface area contributed by atoms with Gasteiger partial charge in [0.05, 0.1) is 25.4 Å². The van der Waals surface area contributed by atoms with Crippen LogP contribution in [-0.4, -0.2) is 82.7 Å². The highest BCUT2D eigenvalue weighted by molar-refractivity contribution is 6.41. The van der Waals surface area contributed by atoms with Gasteiger partial charge in [0.15, 0.2) is 0 Å². The van der Waals surface area contributed by atoms with Crippen LogP contribution in [0, 0.1) is 11.3 Å². The minimum atomic E-state index is -2.81. The highest BCUT2D eigenvalue weighted by Crippen LogP contribution is 2.33. The van der Waals surface area contributed by atoms with Gasteiger partial charge in [-0.3, -0.25) is 9.69 Å². The van der Waals surface area contributed by atoms with Crippen molar-refractivity contribution in [3.8, 4) is 6.07 Å². The molecule has 2 atom stereocenters. The Bertz CT molecular complexity index is 1310. The number of carbonyl (C=O) groups excluding carboxylic acids is 2. The molecule has 2 aromatic rings. The van der Waals surface area contributed by atoms with Crippen molar-refractivity contribution in [1.82, 2.24) is 15.1 Å². The number of carbonyl (C=O) groups is 2. The zero-order valence-corrected chi connectivity index (χ0v) is 22.5. The van der Waals surface area contributed by atoms with Crippen LogP contribution in [0.25, 0.3) is 10.8 Å². The van der Waals surface area contributed by atoms with Crippen molar-refractivity contribution in [1.29, 1.82) is 5.26 Å². The van der Waals surface area contributed by atoms with Crippen LogP contribution in [0.2, 0.25) is 6.32 Å². The summed E-state index contributed by atoms with van der Waals surface area (Å²) in [5.74, 6) is -3.01. The van der Waals surface area contributed by atoms with E-state index in [1.807, 2.05) is 18.2 Å². The van der Waals surface area contributed by atoms with Gasteiger partial charge in [-0.15, -0.1) is 0 Å². The number of halogens is 2. The molecule has 0 radical (unpaired) electrons. The Balaban J connectivity index is 1.40. The summed E-state index contributed by atoms with van der Waals surface area (Å²) in [5, 5.41) is 33.0. The van der Waals surface area contributed by atoms with E-state index >= 15 is 0 Å². The molecule has 0 bridgehead atoms. The van der Waals surface area contributed by atoms with Gasteiger partial charge in [-0.05, 0) is 32.8 Å². The molecule has 2 saturated heterocycles. The molecule has 3 N–H and O–H groups in total. The third-order valence-electron chi connectivity index (χ3n) is 7.37. The molecule has 1 aromatic heterocycles. The smallest absolute Gasteiger partial charge is 0.454 e. The molecule has 1 unspecified atom stereocenters. The van der Waals surface area contributed by atoms with Crippen molar-refractivity contribution < 1.29 is 37.6 Å². The van der Waals surface area contributed by atoms with Gasteiger partial charge < -0.3 is 29.4 Å². The Morgan fingerprint density at radius 1 is 1.35 bits per heavy atom. The number of fused-ring (bicyclic) bond motifs is 1. The van der Waals surface area contributed by atoms with Crippen molar-refractivity contribution in [2.24, 2.45) is 0 Å². The second-order valence-electron chi connectivity index (χ2n) is 10.9. The van der Waals surface area contributed by atoms with Gasteiger partial charge >= 0.3 is 13.2 Å². The summed E-state index contributed by atoms with van der Waals surface area (Å²) in [6, 6.07) is 8.26. The Morgan fingerprint density at radius 2 is 2.10 bits per heavy atom. The molecular weight excluding hydrogens is 525 g/mol. The van der Waals surface area contributed by atoms with E-state index in [0.29, 0.717) is 30.5 Å². The van der Waals surface area contributed by atoms with Gasteiger partial charge in [0.2, 0.25) is 0 Å². The summed E-state index contributed by atoms with van der Waals surface area (Å²) in [5.41, 5.74) is -1.10. The number of hydrogen-bond donors (Lipinski definition) is 3. The van der Waals surface area contributed by atoms with Crippen LogP contribution in [-0.2, 0) is 9.53 Å². The zero-order chi connectivity index (χ0) is 29.1.